The van der Waals surface area contributed by atoms with Crippen molar-refractivity contribution in [2.24, 2.45) is 5.73 Å². The summed E-state index contributed by atoms with van der Waals surface area (Å²) in [5.41, 5.74) is 4.29. The zero-order valence-corrected chi connectivity index (χ0v) is 4.17. The molecule has 0 atom stereocenters. The number of rotatable bonds is 0. The molecule has 2 N–H and O–H groups in total. The summed E-state index contributed by atoms with van der Waals surface area (Å²) in [5.74, 6) is -3.17. The first-order valence-corrected chi connectivity index (χ1v) is 1.79. The SMILES string of the molecule is N#CN(F)C(=O)C(N)=O. The van der Waals surface area contributed by atoms with E-state index >= 15 is 0 Å². The smallest absolute Gasteiger partial charge is 0.353 e. The number of nitriles is 1. The minimum atomic E-state index is -1.67. The fraction of sp³-hybridized carbons (Fsp3) is 0. The fourth-order valence-corrected chi connectivity index (χ4v) is 0.142. The van der Waals surface area contributed by atoms with Gasteiger partial charge in [0.05, 0.1) is 0 Å². The van der Waals surface area contributed by atoms with Crippen molar-refractivity contribution in [1.82, 2.24) is 5.12 Å². The van der Waals surface area contributed by atoms with Crippen LogP contribution in [0.1, 0.15) is 0 Å². The van der Waals surface area contributed by atoms with E-state index in [1.54, 1.807) is 0 Å². The second-order valence-electron chi connectivity index (χ2n) is 1.05. The van der Waals surface area contributed by atoms with E-state index < -0.39 is 16.9 Å². The zero-order chi connectivity index (χ0) is 7.44. The molecule has 9 heavy (non-hydrogen) atoms. The van der Waals surface area contributed by atoms with Gasteiger partial charge in [0.1, 0.15) is 0 Å². The number of amides is 2. The van der Waals surface area contributed by atoms with Gasteiger partial charge in [0.15, 0.2) is 0 Å². The van der Waals surface area contributed by atoms with E-state index in [9.17, 15) is 14.1 Å². The third-order valence-electron chi connectivity index (χ3n) is 0.477. The number of hydrogen-bond acceptors (Lipinski definition) is 3. The molecule has 0 saturated carbocycles. The van der Waals surface area contributed by atoms with E-state index in [0.29, 0.717) is 0 Å². The van der Waals surface area contributed by atoms with Gasteiger partial charge in [-0.25, -0.2) is 0 Å². The molecule has 0 spiro atoms. The van der Waals surface area contributed by atoms with Crippen LogP contribution in [-0.4, -0.2) is 16.9 Å². The number of nitrogens with two attached hydrogens (primary N) is 1. The standard InChI is InChI=1S/C3H2FN3O2/c4-7(1-5)3(9)2(6)8/h(H2,6,8). The van der Waals surface area contributed by atoms with Crippen LogP contribution >= 0.6 is 0 Å². The third kappa shape index (κ3) is 1.73. The number of halogens is 1. The van der Waals surface area contributed by atoms with Crippen LogP contribution in [0.3, 0.4) is 0 Å². The highest BCUT2D eigenvalue weighted by molar-refractivity contribution is 6.34. The molecule has 0 rings (SSSR count). The molecule has 0 fully saturated rings. The van der Waals surface area contributed by atoms with Gasteiger partial charge in [-0.05, 0) is 0 Å². The van der Waals surface area contributed by atoms with Crippen molar-refractivity contribution >= 4 is 11.8 Å². The summed E-state index contributed by atoms with van der Waals surface area (Å²) in [6, 6.07) is 0. The van der Waals surface area contributed by atoms with Crippen molar-refractivity contribution < 1.29 is 14.1 Å². The highest BCUT2D eigenvalue weighted by Gasteiger charge is 2.17. The Labute approximate surface area is 49.4 Å². The average Bonchev–Trinajstić information content (AvgIpc) is 1.84. The lowest BCUT2D eigenvalue weighted by molar-refractivity contribution is -0.149. The first kappa shape index (κ1) is 7.36. The van der Waals surface area contributed by atoms with Crippen LogP contribution < -0.4 is 5.73 Å². The van der Waals surface area contributed by atoms with Gasteiger partial charge in [0, 0.05) is 0 Å². The number of carbonyl (C=O) groups is 2. The normalized spacial score (nSPS) is 7.56. The van der Waals surface area contributed by atoms with E-state index in [1.165, 1.54) is 0 Å². The molecule has 48 valence electrons. The summed E-state index contributed by atoms with van der Waals surface area (Å²) in [6.45, 7) is 0. The first-order chi connectivity index (χ1) is 4.09. The van der Waals surface area contributed by atoms with Gasteiger partial charge in [-0.15, -0.1) is 0 Å². The molecular weight excluding hydrogens is 129 g/mol. The Hall–Kier alpha value is -1.64. The van der Waals surface area contributed by atoms with Crippen molar-refractivity contribution in [2.75, 3.05) is 0 Å². The predicted octanol–water partition coefficient (Wildman–Crippen LogP) is -1.33. The molecule has 0 aromatic rings. The van der Waals surface area contributed by atoms with Crippen LogP contribution in [0.5, 0.6) is 0 Å². The highest BCUT2D eigenvalue weighted by atomic mass is 19.2. The lowest BCUT2D eigenvalue weighted by atomic mass is 10.6. The Morgan fingerprint density at radius 1 is 1.67 bits per heavy atom. The van der Waals surface area contributed by atoms with Gasteiger partial charge in [-0.1, -0.05) is 9.60 Å². The van der Waals surface area contributed by atoms with Gasteiger partial charge in [0.25, 0.3) is 0 Å². The van der Waals surface area contributed by atoms with Gasteiger partial charge in [-0.3, -0.25) is 9.59 Å². The molecule has 0 saturated heterocycles. The van der Waals surface area contributed by atoms with E-state index in [2.05, 4.69) is 5.73 Å². The van der Waals surface area contributed by atoms with Crippen molar-refractivity contribution in [3.63, 3.8) is 0 Å². The summed E-state index contributed by atoms with van der Waals surface area (Å²) < 4.78 is 11.6. The van der Waals surface area contributed by atoms with E-state index in [0.717, 1.165) is 6.19 Å². The summed E-state index contributed by atoms with van der Waals surface area (Å²) in [6.07, 6.45) is 0.762. The van der Waals surface area contributed by atoms with Gasteiger partial charge in [0.2, 0.25) is 6.19 Å². The lowest BCUT2D eigenvalue weighted by Crippen LogP contribution is -2.32. The second kappa shape index (κ2) is 2.61. The fourth-order valence-electron chi connectivity index (χ4n) is 0.142. The van der Waals surface area contributed by atoms with Crippen LogP contribution in [0.4, 0.5) is 4.48 Å². The summed E-state index contributed by atoms with van der Waals surface area (Å²) in [7, 11) is 0. The Morgan fingerprint density at radius 3 is 2.22 bits per heavy atom. The molecule has 0 aliphatic rings. The van der Waals surface area contributed by atoms with E-state index in [-0.39, 0.29) is 0 Å². The minimum absolute atomic E-state index is 0.762. The molecule has 0 aromatic heterocycles. The number of primary amides is 1. The predicted molar refractivity (Wildman–Crippen MR) is 22.8 cm³/mol. The van der Waals surface area contributed by atoms with Crippen LogP contribution in [0.2, 0.25) is 0 Å². The van der Waals surface area contributed by atoms with Gasteiger partial charge >= 0.3 is 11.8 Å². The molecule has 5 nitrogen and oxygen atoms in total. The topological polar surface area (TPSA) is 87.2 Å². The Balaban J connectivity index is 4.09. The summed E-state index contributed by atoms with van der Waals surface area (Å²) in [5, 5.41) is 6.68. The van der Waals surface area contributed by atoms with Crippen molar-refractivity contribution in [3.8, 4) is 6.19 Å². The molecule has 2 amide bonds. The van der Waals surface area contributed by atoms with Crippen LogP contribution in [0.15, 0.2) is 0 Å². The molecule has 6 heteroatoms. The van der Waals surface area contributed by atoms with Gasteiger partial charge < -0.3 is 5.73 Å². The van der Waals surface area contributed by atoms with Crippen LogP contribution in [0.25, 0.3) is 0 Å². The maximum absolute atomic E-state index is 11.6. The van der Waals surface area contributed by atoms with Crippen LogP contribution in [0, 0.1) is 11.5 Å². The minimum Gasteiger partial charge on any atom is -0.361 e. The Morgan fingerprint density at radius 2 is 2.11 bits per heavy atom. The molecule has 0 radical (unpaired) electrons. The maximum Gasteiger partial charge on any atom is 0.353 e. The molecule has 0 aliphatic heterocycles. The van der Waals surface area contributed by atoms with Crippen LogP contribution in [-0.2, 0) is 9.59 Å². The third-order valence-corrected chi connectivity index (χ3v) is 0.477. The molecule has 0 unspecified atom stereocenters. The molecule has 0 aliphatic carbocycles. The Bertz CT molecular complexity index is 184. The molecule has 0 heterocycles. The number of hydrogen-bond donors (Lipinski definition) is 1. The Kier molecular flexibility index (Phi) is 2.14. The van der Waals surface area contributed by atoms with Crippen molar-refractivity contribution in [2.45, 2.75) is 0 Å². The van der Waals surface area contributed by atoms with Crippen molar-refractivity contribution in [1.29, 1.82) is 5.26 Å². The lowest BCUT2D eigenvalue weighted by Gasteiger charge is -1.93. The number of carbonyl (C=O) groups excluding carboxylic acids is 2. The monoisotopic (exact) mass is 131 g/mol. The molecule has 0 bridgehead atoms. The van der Waals surface area contributed by atoms with E-state index in [4.69, 9.17) is 5.26 Å². The zero-order valence-electron chi connectivity index (χ0n) is 4.17. The van der Waals surface area contributed by atoms with Gasteiger partial charge in [-0.2, -0.15) is 5.26 Å². The largest absolute Gasteiger partial charge is 0.361 e. The average molecular weight is 131 g/mol. The molecule has 0 aromatic carbocycles. The quantitative estimate of drug-likeness (QED) is 0.191. The number of nitrogens with zero attached hydrogens (tertiary/aromatic N) is 2. The second-order valence-corrected chi connectivity index (χ2v) is 1.05. The molecular formula is C3H2FN3O2. The first-order valence-electron chi connectivity index (χ1n) is 1.79. The maximum atomic E-state index is 11.6. The van der Waals surface area contributed by atoms with E-state index in [1.807, 2.05) is 0 Å². The van der Waals surface area contributed by atoms with Crippen molar-refractivity contribution in [3.05, 3.63) is 0 Å². The summed E-state index contributed by atoms with van der Waals surface area (Å²) in [4.78, 5) is 19.7. The highest BCUT2D eigenvalue weighted by Crippen LogP contribution is 1.84. The summed E-state index contributed by atoms with van der Waals surface area (Å²) >= 11 is 0.